The smallest absolute Gasteiger partial charge is 0.324 e. The number of hydrogen-bond donors (Lipinski definition) is 0. The van der Waals surface area contributed by atoms with Crippen molar-refractivity contribution in [2.75, 3.05) is 0 Å². The SMILES string of the molecule is O=[N+]1C(c2ccco2)=C(c2ccco2)N([O-])[C@@H]2CCCC[C@@H]21. The topological polar surface area (TPSA) is 72.7 Å². The molecule has 0 N–H and O–H groups in total. The second kappa shape index (κ2) is 5.14. The Morgan fingerprint density at radius 1 is 1.09 bits per heavy atom. The molecule has 0 aromatic carbocycles. The van der Waals surface area contributed by atoms with E-state index in [1.807, 2.05) is 0 Å². The van der Waals surface area contributed by atoms with Gasteiger partial charge in [-0.05, 0) is 37.1 Å². The number of nitrogens with zero attached hydrogens (tertiary/aromatic N) is 2. The van der Waals surface area contributed by atoms with Crippen molar-refractivity contribution in [3.05, 3.63) is 58.4 Å². The third-order valence-corrected chi connectivity index (χ3v) is 4.47. The molecule has 0 unspecified atom stereocenters. The quantitative estimate of drug-likeness (QED) is 0.792. The highest BCUT2D eigenvalue weighted by Crippen LogP contribution is 2.41. The van der Waals surface area contributed by atoms with E-state index in [9.17, 15) is 10.1 Å². The van der Waals surface area contributed by atoms with Gasteiger partial charge in [-0.2, -0.15) is 0 Å². The first kappa shape index (κ1) is 13.3. The molecule has 2 aromatic rings. The van der Waals surface area contributed by atoms with Gasteiger partial charge in [-0.15, -0.1) is 0 Å². The predicted molar refractivity (Wildman–Crippen MR) is 79.1 cm³/mol. The van der Waals surface area contributed by atoms with Crippen LogP contribution in [0.15, 0.2) is 45.6 Å². The molecular formula is C16H16N2O4. The molecule has 0 saturated heterocycles. The highest BCUT2D eigenvalue weighted by molar-refractivity contribution is 5.83. The van der Waals surface area contributed by atoms with Gasteiger partial charge in [0, 0.05) is 16.1 Å². The summed E-state index contributed by atoms with van der Waals surface area (Å²) in [6.07, 6.45) is 6.38. The van der Waals surface area contributed by atoms with E-state index in [1.54, 1.807) is 24.3 Å². The lowest BCUT2D eigenvalue weighted by atomic mass is 9.87. The molecule has 0 radical (unpaired) electrons. The highest BCUT2D eigenvalue weighted by Gasteiger charge is 2.49. The standard InChI is InChI=1S/C16H16N2O4/c19-17-11-5-1-2-6-12(11)18(20)16(14-8-4-10-22-14)15(17)13-7-3-9-21-13/h3-4,7-12H,1-2,5-6H2/t11-,12+. The van der Waals surface area contributed by atoms with E-state index in [4.69, 9.17) is 8.83 Å². The van der Waals surface area contributed by atoms with Crippen LogP contribution in [0.4, 0.5) is 0 Å². The molecule has 0 bridgehead atoms. The van der Waals surface area contributed by atoms with Crippen LogP contribution >= 0.6 is 0 Å². The zero-order chi connectivity index (χ0) is 15.1. The van der Waals surface area contributed by atoms with Gasteiger partial charge in [0.1, 0.15) is 0 Å². The molecule has 6 heteroatoms. The third-order valence-electron chi connectivity index (χ3n) is 4.47. The predicted octanol–water partition coefficient (Wildman–Crippen LogP) is 3.60. The van der Waals surface area contributed by atoms with Crippen LogP contribution in [0.3, 0.4) is 0 Å². The zero-order valence-electron chi connectivity index (χ0n) is 12.0. The maximum absolute atomic E-state index is 12.9. The molecule has 2 aliphatic rings. The van der Waals surface area contributed by atoms with Crippen LogP contribution in [-0.4, -0.2) is 21.9 Å². The van der Waals surface area contributed by atoms with E-state index in [-0.39, 0.29) is 23.5 Å². The average Bonchev–Trinajstić information content (AvgIpc) is 3.23. The van der Waals surface area contributed by atoms with Gasteiger partial charge in [-0.1, -0.05) is 6.42 Å². The number of furan rings is 2. The van der Waals surface area contributed by atoms with Crippen molar-refractivity contribution in [1.82, 2.24) is 5.06 Å². The molecule has 1 aliphatic heterocycles. The highest BCUT2D eigenvalue weighted by atomic mass is 16.5. The molecule has 1 fully saturated rings. The minimum Gasteiger partial charge on any atom is -0.758 e. The molecular weight excluding hydrogens is 284 g/mol. The Bertz CT molecular complexity index is 703. The van der Waals surface area contributed by atoms with E-state index in [1.165, 1.54) is 12.5 Å². The van der Waals surface area contributed by atoms with Crippen LogP contribution in [0.25, 0.3) is 11.4 Å². The lowest BCUT2D eigenvalue weighted by Crippen LogP contribution is -2.50. The van der Waals surface area contributed by atoms with Gasteiger partial charge >= 0.3 is 5.70 Å². The summed E-state index contributed by atoms with van der Waals surface area (Å²) in [5.41, 5.74) is 0.524. The van der Waals surface area contributed by atoms with Crippen LogP contribution in [0.1, 0.15) is 37.2 Å². The monoisotopic (exact) mass is 300 g/mol. The molecule has 1 aliphatic carbocycles. The normalized spacial score (nSPS) is 25.5. The molecule has 2 atom stereocenters. The fraction of sp³-hybridized carbons (Fsp3) is 0.375. The van der Waals surface area contributed by atoms with Crippen molar-refractivity contribution in [2.24, 2.45) is 0 Å². The largest absolute Gasteiger partial charge is 0.758 e. The first-order valence-corrected chi connectivity index (χ1v) is 7.52. The minimum atomic E-state index is -0.329. The lowest BCUT2D eigenvalue weighted by molar-refractivity contribution is -0.515. The molecule has 1 saturated carbocycles. The Balaban J connectivity index is 1.92. The van der Waals surface area contributed by atoms with Gasteiger partial charge in [0.2, 0.25) is 11.8 Å². The fourth-order valence-corrected chi connectivity index (χ4v) is 3.46. The Kier molecular flexibility index (Phi) is 3.11. The molecule has 2 aromatic heterocycles. The summed E-state index contributed by atoms with van der Waals surface area (Å²) in [4.78, 5) is 12.9. The summed E-state index contributed by atoms with van der Waals surface area (Å²) in [5, 5.41) is 13.9. The van der Waals surface area contributed by atoms with Gasteiger partial charge in [-0.25, -0.2) is 0 Å². The van der Waals surface area contributed by atoms with E-state index < -0.39 is 0 Å². The van der Waals surface area contributed by atoms with Gasteiger partial charge < -0.3 is 19.1 Å². The number of hydrogen-bond acceptors (Lipinski definition) is 5. The summed E-state index contributed by atoms with van der Waals surface area (Å²) >= 11 is 0. The fourth-order valence-electron chi connectivity index (χ4n) is 3.46. The van der Waals surface area contributed by atoms with Crippen LogP contribution in [-0.2, 0) is 0 Å². The lowest BCUT2D eigenvalue weighted by Gasteiger charge is -2.44. The maximum Gasteiger partial charge on any atom is 0.324 e. The van der Waals surface area contributed by atoms with Crippen LogP contribution < -0.4 is 0 Å². The Morgan fingerprint density at radius 2 is 1.77 bits per heavy atom. The molecule has 6 nitrogen and oxygen atoms in total. The second-order valence-corrected chi connectivity index (χ2v) is 5.72. The van der Waals surface area contributed by atoms with E-state index in [0.29, 0.717) is 11.5 Å². The summed E-state index contributed by atoms with van der Waals surface area (Å²) in [6.45, 7) is 0. The first-order valence-electron chi connectivity index (χ1n) is 7.52. The Hall–Kier alpha value is -2.34. The molecule has 114 valence electrons. The summed E-state index contributed by atoms with van der Waals surface area (Å²) < 4.78 is 11.7. The van der Waals surface area contributed by atoms with Gasteiger partial charge in [0.15, 0.2) is 11.5 Å². The third kappa shape index (κ3) is 1.91. The summed E-state index contributed by atoms with van der Waals surface area (Å²) in [5.74, 6) is 0.789. The van der Waals surface area contributed by atoms with Crippen molar-refractivity contribution < 1.29 is 13.6 Å². The van der Waals surface area contributed by atoms with Crippen molar-refractivity contribution in [3.63, 3.8) is 0 Å². The van der Waals surface area contributed by atoms with E-state index in [0.717, 1.165) is 35.5 Å². The number of rotatable bonds is 2. The van der Waals surface area contributed by atoms with E-state index in [2.05, 4.69) is 0 Å². The maximum atomic E-state index is 12.9. The average molecular weight is 300 g/mol. The number of hydroxylamine groups is 2. The molecule has 0 spiro atoms. The van der Waals surface area contributed by atoms with Crippen molar-refractivity contribution >= 4 is 11.4 Å². The number of nitroso groups, excluding NO2 is 1. The van der Waals surface area contributed by atoms with Gasteiger partial charge in [0.25, 0.3) is 0 Å². The van der Waals surface area contributed by atoms with E-state index >= 15 is 0 Å². The zero-order valence-corrected chi connectivity index (χ0v) is 12.0. The van der Waals surface area contributed by atoms with Crippen molar-refractivity contribution in [1.29, 1.82) is 0 Å². The van der Waals surface area contributed by atoms with Crippen LogP contribution in [0, 0.1) is 10.1 Å². The summed E-state index contributed by atoms with van der Waals surface area (Å²) in [6, 6.07) is 6.14. The Morgan fingerprint density at radius 3 is 2.45 bits per heavy atom. The van der Waals surface area contributed by atoms with Gasteiger partial charge in [-0.3, -0.25) is 0 Å². The Labute approximate surface area is 127 Å². The second-order valence-electron chi connectivity index (χ2n) is 5.72. The van der Waals surface area contributed by atoms with Crippen LogP contribution in [0.5, 0.6) is 0 Å². The first-order chi connectivity index (χ1) is 10.8. The van der Waals surface area contributed by atoms with Crippen molar-refractivity contribution in [3.8, 4) is 0 Å². The number of fused-ring (bicyclic) bond motifs is 1. The molecule has 3 heterocycles. The molecule has 0 amide bonds. The van der Waals surface area contributed by atoms with Gasteiger partial charge in [0.05, 0.1) is 18.6 Å². The molecule has 22 heavy (non-hydrogen) atoms. The minimum absolute atomic E-state index is 0.262. The van der Waals surface area contributed by atoms with Crippen LogP contribution in [0.2, 0.25) is 0 Å². The summed E-state index contributed by atoms with van der Waals surface area (Å²) in [7, 11) is 0. The van der Waals surface area contributed by atoms with Crippen molar-refractivity contribution in [2.45, 2.75) is 37.8 Å². The molecule has 4 rings (SSSR count).